The van der Waals surface area contributed by atoms with Crippen LogP contribution < -0.4 is 4.90 Å². The second-order valence-corrected chi connectivity index (χ2v) is 5.92. The van der Waals surface area contributed by atoms with Crippen molar-refractivity contribution < 1.29 is 0 Å². The average Bonchev–Trinajstić information content (AvgIpc) is 2.90. The van der Waals surface area contributed by atoms with Gasteiger partial charge < -0.3 is 4.90 Å². The molecule has 3 heteroatoms. The number of pyridine rings is 1. The van der Waals surface area contributed by atoms with Crippen LogP contribution in [0.3, 0.4) is 0 Å². The van der Waals surface area contributed by atoms with Crippen LogP contribution >= 0.6 is 0 Å². The summed E-state index contributed by atoms with van der Waals surface area (Å²) in [5, 5.41) is 0. The summed E-state index contributed by atoms with van der Waals surface area (Å²) in [7, 11) is 0. The van der Waals surface area contributed by atoms with Gasteiger partial charge in [0.05, 0.1) is 11.4 Å². The summed E-state index contributed by atoms with van der Waals surface area (Å²) in [5.74, 6) is 0.624. The van der Waals surface area contributed by atoms with Crippen molar-refractivity contribution in [1.29, 1.82) is 0 Å². The third-order valence-electron chi connectivity index (χ3n) is 4.51. The van der Waals surface area contributed by atoms with Gasteiger partial charge in [0, 0.05) is 37.1 Å². The van der Waals surface area contributed by atoms with Gasteiger partial charge in [0.15, 0.2) is 0 Å². The SMILES string of the molecule is c1ccc2c(c1)N=C1CCCC1CN2Cc1ccncc1. The maximum Gasteiger partial charge on any atom is 0.0862 e. The van der Waals surface area contributed by atoms with Gasteiger partial charge in [0.2, 0.25) is 0 Å². The van der Waals surface area contributed by atoms with Crippen LogP contribution in [0.2, 0.25) is 0 Å². The molecule has 1 aliphatic heterocycles. The Labute approximate surface area is 125 Å². The zero-order valence-electron chi connectivity index (χ0n) is 12.1. The Morgan fingerprint density at radius 1 is 1.10 bits per heavy atom. The van der Waals surface area contributed by atoms with Gasteiger partial charge in [-0.2, -0.15) is 0 Å². The lowest BCUT2D eigenvalue weighted by Gasteiger charge is -2.26. The molecule has 21 heavy (non-hydrogen) atoms. The zero-order chi connectivity index (χ0) is 14.1. The van der Waals surface area contributed by atoms with E-state index in [2.05, 4.69) is 46.3 Å². The van der Waals surface area contributed by atoms with E-state index in [-0.39, 0.29) is 0 Å². The van der Waals surface area contributed by atoms with Crippen molar-refractivity contribution in [3.8, 4) is 0 Å². The molecule has 1 aromatic carbocycles. The molecule has 1 fully saturated rings. The summed E-state index contributed by atoms with van der Waals surface area (Å²) < 4.78 is 0. The van der Waals surface area contributed by atoms with Crippen LogP contribution in [0.4, 0.5) is 11.4 Å². The van der Waals surface area contributed by atoms with Gasteiger partial charge in [0.1, 0.15) is 0 Å². The van der Waals surface area contributed by atoms with Crippen molar-refractivity contribution in [3.05, 3.63) is 54.4 Å². The average molecular weight is 277 g/mol. The summed E-state index contributed by atoms with van der Waals surface area (Å²) in [6.07, 6.45) is 7.48. The van der Waals surface area contributed by atoms with E-state index in [0.717, 1.165) is 18.8 Å². The quantitative estimate of drug-likeness (QED) is 0.830. The second-order valence-electron chi connectivity index (χ2n) is 5.92. The second kappa shape index (κ2) is 5.32. The van der Waals surface area contributed by atoms with E-state index in [1.165, 1.54) is 36.2 Å². The summed E-state index contributed by atoms with van der Waals surface area (Å²) in [4.78, 5) is 11.6. The topological polar surface area (TPSA) is 28.5 Å². The molecule has 2 heterocycles. The normalized spacial score (nSPS) is 20.5. The lowest BCUT2D eigenvalue weighted by molar-refractivity contribution is 0.629. The number of aromatic nitrogens is 1. The van der Waals surface area contributed by atoms with Crippen molar-refractivity contribution in [2.75, 3.05) is 11.4 Å². The highest BCUT2D eigenvalue weighted by atomic mass is 15.2. The molecular formula is C18H19N3. The van der Waals surface area contributed by atoms with Crippen LogP contribution in [0.5, 0.6) is 0 Å². The molecule has 2 aliphatic rings. The number of rotatable bonds is 2. The van der Waals surface area contributed by atoms with Crippen molar-refractivity contribution in [2.24, 2.45) is 10.9 Å². The molecule has 2 aromatic rings. The monoisotopic (exact) mass is 277 g/mol. The Balaban J connectivity index is 1.71. The van der Waals surface area contributed by atoms with Crippen LogP contribution in [-0.4, -0.2) is 17.2 Å². The molecule has 1 unspecified atom stereocenters. The van der Waals surface area contributed by atoms with Crippen LogP contribution in [-0.2, 0) is 6.54 Å². The number of fused-ring (bicyclic) bond motifs is 2. The van der Waals surface area contributed by atoms with Crippen molar-refractivity contribution in [1.82, 2.24) is 4.98 Å². The Morgan fingerprint density at radius 3 is 2.86 bits per heavy atom. The maximum absolute atomic E-state index is 4.96. The molecule has 1 atom stereocenters. The Bertz CT molecular complexity index is 663. The highest BCUT2D eigenvalue weighted by Crippen LogP contribution is 2.37. The number of anilines is 1. The van der Waals surface area contributed by atoms with E-state index >= 15 is 0 Å². The minimum absolute atomic E-state index is 0.624. The van der Waals surface area contributed by atoms with E-state index in [9.17, 15) is 0 Å². The number of nitrogens with zero attached hydrogens (tertiary/aromatic N) is 3. The van der Waals surface area contributed by atoms with E-state index in [1.54, 1.807) is 0 Å². The lowest BCUT2D eigenvalue weighted by Crippen LogP contribution is -2.29. The third kappa shape index (κ3) is 2.44. The molecule has 3 nitrogen and oxygen atoms in total. The molecule has 0 amide bonds. The van der Waals surface area contributed by atoms with Gasteiger partial charge in [-0.05, 0) is 49.1 Å². The molecule has 1 saturated carbocycles. The molecule has 1 aliphatic carbocycles. The standard InChI is InChI=1S/C18H19N3/c1-2-7-18-17(5-1)20-16-6-3-4-15(16)13-21(18)12-14-8-10-19-11-9-14/h1-2,5,7-11,15H,3-4,6,12-13H2. The number of hydrogen-bond acceptors (Lipinski definition) is 3. The highest BCUT2D eigenvalue weighted by Gasteiger charge is 2.28. The van der Waals surface area contributed by atoms with Crippen LogP contribution in [0.1, 0.15) is 24.8 Å². The predicted molar refractivity (Wildman–Crippen MR) is 86.2 cm³/mol. The number of aliphatic imine (C=N–C) groups is 1. The molecule has 0 radical (unpaired) electrons. The van der Waals surface area contributed by atoms with Crippen molar-refractivity contribution in [2.45, 2.75) is 25.8 Å². The fourth-order valence-corrected chi connectivity index (χ4v) is 3.45. The van der Waals surface area contributed by atoms with Crippen LogP contribution in [0.15, 0.2) is 53.8 Å². The Kier molecular flexibility index (Phi) is 3.18. The first-order chi connectivity index (χ1) is 10.4. The Hall–Kier alpha value is -2.16. The fourth-order valence-electron chi connectivity index (χ4n) is 3.45. The van der Waals surface area contributed by atoms with Crippen molar-refractivity contribution in [3.63, 3.8) is 0 Å². The van der Waals surface area contributed by atoms with Gasteiger partial charge in [-0.25, -0.2) is 0 Å². The van der Waals surface area contributed by atoms with E-state index in [4.69, 9.17) is 4.99 Å². The molecule has 1 aromatic heterocycles. The summed E-state index contributed by atoms with van der Waals surface area (Å²) in [6.45, 7) is 2.01. The van der Waals surface area contributed by atoms with Gasteiger partial charge in [-0.1, -0.05) is 12.1 Å². The molecule has 0 saturated heterocycles. The van der Waals surface area contributed by atoms with Gasteiger partial charge in [-0.3, -0.25) is 9.98 Å². The van der Waals surface area contributed by atoms with Gasteiger partial charge in [-0.15, -0.1) is 0 Å². The summed E-state index contributed by atoms with van der Waals surface area (Å²) in [6, 6.07) is 12.7. The van der Waals surface area contributed by atoms with Crippen LogP contribution in [0.25, 0.3) is 0 Å². The summed E-state index contributed by atoms with van der Waals surface area (Å²) >= 11 is 0. The minimum Gasteiger partial charge on any atom is -0.365 e. The fraction of sp³-hybridized carbons (Fsp3) is 0.333. The molecule has 106 valence electrons. The number of hydrogen-bond donors (Lipinski definition) is 0. The molecule has 4 rings (SSSR count). The van der Waals surface area contributed by atoms with Crippen LogP contribution in [0, 0.1) is 5.92 Å². The smallest absolute Gasteiger partial charge is 0.0862 e. The zero-order valence-corrected chi connectivity index (χ0v) is 12.1. The number of benzene rings is 1. The molecule has 0 bridgehead atoms. The first-order valence-electron chi connectivity index (χ1n) is 7.70. The van der Waals surface area contributed by atoms with E-state index in [1.807, 2.05) is 12.4 Å². The Morgan fingerprint density at radius 2 is 1.95 bits per heavy atom. The molecular weight excluding hydrogens is 258 g/mol. The highest BCUT2D eigenvalue weighted by molar-refractivity contribution is 5.94. The molecule has 0 N–H and O–H groups in total. The lowest BCUT2D eigenvalue weighted by atomic mass is 10.1. The predicted octanol–water partition coefficient (Wildman–Crippen LogP) is 3.97. The van der Waals surface area contributed by atoms with E-state index < -0.39 is 0 Å². The first kappa shape index (κ1) is 12.6. The van der Waals surface area contributed by atoms with Crippen molar-refractivity contribution >= 4 is 17.1 Å². The van der Waals surface area contributed by atoms with Gasteiger partial charge in [0.25, 0.3) is 0 Å². The first-order valence-corrected chi connectivity index (χ1v) is 7.70. The molecule has 0 spiro atoms. The third-order valence-corrected chi connectivity index (χ3v) is 4.51. The number of para-hydroxylation sites is 2. The van der Waals surface area contributed by atoms with Gasteiger partial charge >= 0.3 is 0 Å². The maximum atomic E-state index is 4.96. The largest absolute Gasteiger partial charge is 0.365 e. The minimum atomic E-state index is 0.624. The van der Waals surface area contributed by atoms with E-state index in [0.29, 0.717) is 5.92 Å². The summed E-state index contributed by atoms with van der Waals surface area (Å²) in [5.41, 5.74) is 5.10.